The fourth-order valence-electron chi connectivity index (χ4n) is 2.14. The molecule has 22 heavy (non-hydrogen) atoms. The number of hydrogen-bond acceptors (Lipinski definition) is 3. The fourth-order valence-corrected chi connectivity index (χ4v) is 2.14. The first-order valence-corrected chi connectivity index (χ1v) is 7.87. The minimum Gasteiger partial charge on any atom is -0.491 e. The lowest BCUT2D eigenvalue weighted by Gasteiger charge is -2.33. The molecule has 124 valence electrons. The van der Waals surface area contributed by atoms with Gasteiger partial charge in [-0.3, -0.25) is 0 Å². The summed E-state index contributed by atoms with van der Waals surface area (Å²) in [5.41, 5.74) is 0.620. The molecule has 0 atom stereocenters. The molecule has 1 amide bonds. The van der Waals surface area contributed by atoms with Crippen molar-refractivity contribution in [2.75, 3.05) is 13.1 Å². The van der Waals surface area contributed by atoms with E-state index >= 15 is 0 Å². The molecule has 0 aromatic carbocycles. The van der Waals surface area contributed by atoms with Gasteiger partial charge in [-0.1, -0.05) is 12.7 Å². The Bertz CT molecular complexity index is 449. The number of rotatable bonds is 4. The topological polar surface area (TPSA) is 38.8 Å². The molecule has 0 aromatic rings. The lowest BCUT2D eigenvalue weighted by molar-refractivity contribution is 0.00551. The molecule has 0 aliphatic carbocycles. The summed E-state index contributed by atoms with van der Waals surface area (Å²) in [4.78, 5) is 13.8. The van der Waals surface area contributed by atoms with Crippen molar-refractivity contribution in [3.05, 3.63) is 36.1 Å². The molecule has 0 spiro atoms. The Morgan fingerprint density at radius 2 is 1.86 bits per heavy atom. The molecule has 1 aliphatic heterocycles. The third-order valence-corrected chi connectivity index (χ3v) is 3.37. The molecule has 0 bridgehead atoms. The number of carbonyl (C=O) groups is 1. The van der Waals surface area contributed by atoms with Crippen LogP contribution in [-0.4, -0.2) is 35.8 Å². The van der Waals surface area contributed by atoms with Gasteiger partial charge in [0.15, 0.2) is 0 Å². The Labute approximate surface area is 134 Å². The van der Waals surface area contributed by atoms with Gasteiger partial charge in [0.05, 0.1) is 0 Å². The number of ether oxygens (including phenoxy) is 2. The number of allylic oxidation sites excluding steroid dienone is 4. The van der Waals surface area contributed by atoms with Crippen molar-refractivity contribution in [2.24, 2.45) is 0 Å². The summed E-state index contributed by atoms with van der Waals surface area (Å²) in [7, 11) is 0. The molecular formula is C18H29NO3. The van der Waals surface area contributed by atoms with Gasteiger partial charge in [0.25, 0.3) is 0 Å². The predicted molar refractivity (Wildman–Crippen MR) is 89.6 cm³/mol. The van der Waals surface area contributed by atoms with E-state index in [1.807, 2.05) is 46.8 Å². The van der Waals surface area contributed by atoms with E-state index < -0.39 is 5.60 Å². The van der Waals surface area contributed by atoms with Crippen LogP contribution in [0.15, 0.2) is 36.1 Å². The second-order valence-corrected chi connectivity index (χ2v) is 6.57. The van der Waals surface area contributed by atoms with Gasteiger partial charge in [0.1, 0.15) is 17.5 Å². The predicted octanol–water partition coefficient (Wildman–Crippen LogP) is 4.44. The van der Waals surface area contributed by atoms with Gasteiger partial charge < -0.3 is 14.4 Å². The Hall–Kier alpha value is -1.71. The summed E-state index contributed by atoms with van der Waals surface area (Å²) in [5, 5.41) is 0. The minimum atomic E-state index is -0.449. The average molecular weight is 307 g/mol. The Morgan fingerprint density at radius 1 is 1.27 bits per heavy atom. The molecule has 1 saturated heterocycles. The van der Waals surface area contributed by atoms with Gasteiger partial charge in [-0.05, 0) is 52.3 Å². The van der Waals surface area contributed by atoms with E-state index in [1.165, 1.54) is 0 Å². The second kappa shape index (κ2) is 8.06. The maximum absolute atomic E-state index is 12.0. The summed E-state index contributed by atoms with van der Waals surface area (Å²) < 4.78 is 11.4. The molecule has 1 rings (SSSR count). The third-order valence-electron chi connectivity index (χ3n) is 3.37. The second-order valence-electron chi connectivity index (χ2n) is 6.57. The van der Waals surface area contributed by atoms with E-state index in [-0.39, 0.29) is 12.2 Å². The fraction of sp³-hybridized carbons (Fsp3) is 0.611. The van der Waals surface area contributed by atoms with Crippen LogP contribution < -0.4 is 0 Å². The number of carbonyl (C=O) groups excluding carboxylic acids is 1. The van der Waals surface area contributed by atoms with E-state index in [9.17, 15) is 4.79 Å². The van der Waals surface area contributed by atoms with Crippen LogP contribution in [0.5, 0.6) is 0 Å². The van der Waals surface area contributed by atoms with Crippen molar-refractivity contribution in [3.8, 4) is 0 Å². The van der Waals surface area contributed by atoms with Crippen molar-refractivity contribution in [1.82, 2.24) is 4.90 Å². The summed E-state index contributed by atoms with van der Waals surface area (Å²) >= 11 is 0. The third kappa shape index (κ3) is 6.37. The van der Waals surface area contributed by atoms with E-state index in [1.54, 1.807) is 11.0 Å². The molecule has 0 N–H and O–H groups in total. The summed E-state index contributed by atoms with van der Waals surface area (Å²) in [5.74, 6) is 0.855. The zero-order valence-corrected chi connectivity index (χ0v) is 14.5. The molecule has 4 nitrogen and oxygen atoms in total. The van der Waals surface area contributed by atoms with Crippen LogP contribution in [0.3, 0.4) is 0 Å². The molecule has 0 aromatic heterocycles. The van der Waals surface area contributed by atoms with Gasteiger partial charge >= 0.3 is 6.09 Å². The highest BCUT2D eigenvalue weighted by atomic mass is 16.6. The summed E-state index contributed by atoms with van der Waals surface area (Å²) in [6.07, 6.45) is 7.27. The lowest BCUT2D eigenvalue weighted by atomic mass is 10.1. The SMILES string of the molecule is C=C/C(C)=C\C(=C/C)OC1CCN(C(=O)OC(C)(C)C)CC1. The summed E-state index contributed by atoms with van der Waals surface area (Å²) in [6, 6.07) is 0. The van der Waals surface area contributed by atoms with E-state index in [2.05, 4.69) is 6.58 Å². The monoisotopic (exact) mass is 307 g/mol. The minimum absolute atomic E-state index is 0.138. The lowest BCUT2D eigenvalue weighted by Crippen LogP contribution is -2.43. The van der Waals surface area contributed by atoms with Gasteiger partial charge in [0, 0.05) is 25.9 Å². The largest absolute Gasteiger partial charge is 0.491 e. The van der Waals surface area contributed by atoms with Crippen molar-refractivity contribution in [3.63, 3.8) is 0 Å². The van der Waals surface area contributed by atoms with Crippen LogP contribution in [-0.2, 0) is 9.47 Å². The van der Waals surface area contributed by atoms with Gasteiger partial charge in [-0.25, -0.2) is 4.79 Å². The zero-order valence-electron chi connectivity index (χ0n) is 14.5. The summed E-state index contributed by atoms with van der Waals surface area (Å²) in [6.45, 7) is 14.7. The molecule has 1 aliphatic rings. The molecule has 1 fully saturated rings. The van der Waals surface area contributed by atoms with Crippen molar-refractivity contribution in [1.29, 1.82) is 0 Å². The smallest absolute Gasteiger partial charge is 0.410 e. The molecular weight excluding hydrogens is 278 g/mol. The first kappa shape index (κ1) is 18.3. The molecule has 0 unspecified atom stereocenters. The highest BCUT2D eigenvalue weighted by molar-refractivity contribution is 5.68. The van der Waals surface area contributed by atoms with Gasteiger partial charge in [0.2, 0.25) is 0 Å². The number of likely N-dealkylation sites (tertiary alicyclic amines) is 1. The molecule has 0 saturated carbocycles. The van der Waals surface area contributed by atoms with Crippen molar-refractivity contribution in [2.45, 2.75) is 59.2 Å². The number of amides is 1. The number of piperidine rings is 1. The average Bonchev–Trinajstić information content (AvgIpc) is 2.45. The normalized spacial score (nSPS) is 18.1. The quantitative estimate of drug-likeness (QED) is 0.569. The van der Waals surface area contributed by atoms with Crippen LogP contribution >= 0.6 is 0 Å². The Kier molecular flexibility index (Phi) is 6.72. The van der Waals surface area contributed by atoms with Gasteiger partial charge in [-0.2, -0.15) is 0 Å². The number of nitrogens with zero attached hydrogens (tertiary/aromatic N) is 1. The Morgan fingerprint density at radius 3 is 2.32 bits per heavy atom. The molecule has 1 heterocycles. The van der Waals surface area contributed by atoms with Crippen LogP contribution in [0, 0.1) is 0 Å². The van der Waals surface area contributed by atoms with E-state index in [4.69, 9.17) is 9.47 Å². The maximum atomic E-state index is 12.0. The van der Waals surface area contributed by atoms with Crippen LogP contribution in [0.2, 0.25) is 0 Å². The van der Waals surface area contributed by atoms with E-state index in [0.717, 1.165) is 24.2 Å². The highest BCUT2D eigenvalue weighted by Gasteiger charge is 2.27. The Balaban J connectivity index is 2.48. The highest BCUT2D eigenvalue weighted by Crippen LogP contribution is 2.20. The molecule has 0 radical (unpaired) electrons. The van der Waals surface area contributed by atoms with Crippen molar-refractivity contribution < 1.29 is 14.3 Å². The zero-order chi connectivity index (χ0) is 16.8. The molecule has 4 heteroatoms. The van der Waals surface area contributed by atoms with Crippen LogP contribution in [0.4, 0.5) is 4.79 Å². The van der Waals surface area contributed by atoms with Gasteiger partial charge in [-0.15, -0.1) is 0 Å². The van der Waals surface area contributed by atoms with Crippen LogP contribution in [0.25, 0.3) is 0 Å². The number of hydrogen-bond donors (Lipinski definition) is 0. The first-order chi connectivity index (χ1) is 10.2. The van der Waals surface area contributed by atoms with Crippen molar-refractivity contribution >= 4 is 6.09 Å². The van der Waals surface area contributed by atoms with E-state index in [0.29, 0.717) is 13.1 Å². The first-order valence-electron chi connectivity index (χ1n) is 7.87. The standard InChI is InChI=1S/C18H29NO3/c1-7-14(3)13-15(8-2)21-16-9-11-19(12-10-16)17(20)22-18(4,5)6/h7-8,13,16H,1,9-12H2,2-6H3/b14-13-,15-8+. The van der Waals surface area contributed by atoms with Crippen LogP contribution in [0.1, 0.15) is 47.5 Å². The maximum Gasteiger partial charge on any atom is 0.410 e.